The van der Waals surface area contributed by atoms with Crippen LogP contribution in [0.15, 0.2) is 28.9 Å². The Kier molecular flexibility index (Phi) is 5.59. The van der Waals surface area contributed by atoms with Crippen LogP contribution < -0.4 is 5.32 Å². The first-order valence-corrected chi connectivity index (χ1v) is 7.16. The van der Waals surface area contributed by atoms with Crippen molar-refractivity contribution < 1.29 is 28.6 Å². The first-order valence-electron chi connectivity index (χ1n) is 7.16. The van der Waals surface area contributed by atoms with E-state index in [4.69, 9.17) is 13.9 Å². The van der Waals surface area contributed by atoms with E-state index in [1.54, 1.807) is 6.07 Å². The van der Waals surface area contributed by atoms with E-state index in [2.05, 4.69) is 5.32 Å². The number of ether oxygens (including phenoxy) is 2. The zero-order valence-corrected chi connectivity index (χ0v) is 13.0. The van der Waals surface area contributed by atoms with Gasteiger partial charge >= 0.3 is 5.97 Å². The van der Waals surface area contributed by atoms with Crippen LogP contribution in [0.25, 0.3) is 11.0 Å². The van der Waals surface area contributed by atoms with Gasteiger partial charge in [0.1, 0.15) is 11.3 Å². The maximum atomic E-state index is 11.9. The van der Waals surface area contributed by atoms with E-state index in [9.17, 15) is 14.7 Å². The quantitative estimate of drug-likeness (QED) is 0.590. The maximum absolute atomic E-state index is 11.9. The highest BCUT2D eigenvalue weighted by Gasteiger charge is 2.19. The molecule has 2 rings (SSSR count). The Hall–Kier alpha value is -2.54. The molecule has 2 aromatic rings. The molecule has 0 spiro atoms. The zero-order chi connectivity index (χ0) is 16.8. The number of aromatic hydroxyl groups is 1. The number of esters is 1. The van der Waals surface area contributed by atoms with Crippen molar-refractivity contribution in [2.24, 2.45) is 0 Å². The summed E-state index contributed by atoms with van der Waals surface area (Å²) in [5.41, 5.74) is 1.12. The number of methoxy groups -OCH3 is 1. The number of phenolic OH excluding ortho intramolecular Hbond substituents is 1. The summed E-state index contributed by atoms with van der Waals surface area (Å²) >= 11 is 0. The molecule has 1 amide bonds. The van der Waals surface area contributed by atoms with Gasteiger partial charge in [0.05, 0.1) is 19.3 Å². The van der Waals surface area contributed by atoms with Crippen molar-refractivity contribution in [2.45, 2.75) is 19.4 Å². The normalized spacial score (nSPS) is 12.1. The summed E-state index contributed by atoms with van der Waals surface area (Å²) in [6.07, 6.45) is 0.531. The third-order valence-corrected chi connectivity index (χ3v) is 3.26. The number of phenols is 1. The molecule has 0 saturated heterocycles. The summed E-state index contributed by atoms with van der Waals surface area (Å²) in [6, 6.07) is 4.65. The van der Waals surface area contributed by atoms with E-state index in [0.717, 1.165) is 5.39 Å². The molecule has 0 fully saturated rings. The lowest BCUT2D eigenvalue weighted by atomic mass is 10.1. The number of nitrogens with one attached hydrogen (secondary N) is 1. The Labute approximate surface area is 133 Å². The van der Waals surface area contributed by atoms with Gasteiger partial charge in [-0.3, -0.25) is 9.59 Å². The van der Waals surface area contributed by atoms with Gasteiger partial charge in [-0.15, -0.1) is 0 Å². The van der Waals surface area contributed by atoms with Crippen LogP contribution in [0.3, 0.4) is 0 Å². The van der Waals surface area contributed by atoms with Gasteiger partial charge in [0.15, 0.2) is 6.10 Å². The van der Waals surface area contributed by atoms with Gasteiger partial charge in [-0.05, 0) is 19.1 Å². The van der Waals surface area contributed by atoms with Crippen LogP contribution in [0.4, 0.5) is 0 Å². The fourth-order valence-corrected chi connectivity index (χ4v) is 2.08. The molecule has 7 heteroatoms. The number of hydrogen-bond acceptors (Lipinski definition) is 6. The molecule has 7 nitrogen and oxygen atoms in total. The van der Waals surface area contributed by atoms with E-state index in [0.29, 0.717) is 24.3 Å². The monoisotopic (exact) mass is 321 g/mol. The van der Waals surface area contributed by atoms with E-state index >= 15 is 0 Å². The molecule has 0 saturated carbocycles. The fraction of sp³-hybridized carbons (Fsp3) is 0.375. The van der Waals surface area contributed by atoms with E-state index in [1.165, 1.54) is 32.4 Å². The fourth-order valence-electron chi connectivity index (χ4n) is 2.08. The molecule has 0 aliphatic heterocycles. The van der Waals surface area contributed by atoms with E-state index < -0.39 is 12.1 Å². The first-order chi connectivity index (χ1) is 11.0. The van der Waals surface area contributed by atoms with E-state index in [-0.39, 0.29) is 18.1 Å². The zero-order valence-electron chi connectivity index (χ0n) is 13.0. The molecule has 0 aliphatic rings. The molecule has 2 N–H and O–H groups in total. The van der Waals surface area contributed by atoms with Crippen LogP contribution in [-0.4, -0.2) is 43.3 Å². The number of amides is 1. The van der Waals surface area contributed by atoms with Crippen molar-refractivity contribution in [1.82, 2.24) is 5.32 Å². The van der Waals surface area contributed by atoms with Crippen molar-refractivity contribution in [2.75, 3.05) is 20.3 Å². The van der Waals surface area contributed by atoms with Crippen LogP contribution in [0.5, 0.6) is 5.75 Å². The standard InChI is InChI=1S/C16H19NO6/c1-10(16(20)17-5-6-21-2)23-15(19)7-11-9-22-14-8-12(18)3-4-13(11)14/h3-4,8-10,18H,5-7H2,1-2H3,(H,17,20)/t10-/m0/s1. The minimum absolute atomic E-state index is 0.0204. The Balaban J connectivity index is 1.92. The lowest BCUT2D eigenvalue weighted by Gasteiger charge is -2.13. The van der Waals surface area contributed by atoms with Gasteiger partial charge in [-0.25, -0.2) is 0 Å². The maximum Gasteiger partial charge on any atom is 0.311 e. The highest BCUT2D eigenvalue weighted by Crippen LogP contribution is 2.25. The number of benzene rings is 1. The Morgan fingerprint density at radius 3 is 2.91 bits per heavy atom. The number of fused-ring (bicyclic) bond motifs is 1. The van der Waals surface area contributed by atoms with Gasteiger partial charge in [0, 0.05) is 30.7 Å². The van der Waals surface area contributed by atoms with Crippen molar-refractivity contribution in [3.63, 3.8) is 0 Å². The highest BCUT2D eigenvalue weighted by atomic mass is 16.5. The summed E-state index contributed by atoms with van der Waals surface area (Å²) in [5.74, 6) is -0.824. The number of hydrogen-bond donors (Lipinski definition) is 2. The topological polar surface area (TPSA) is 98.0 Å². The number of furan rings is 1. The summed E-state index contributed by atoms with van der Waals surface area (Å²) < 4.78 is 15.2. The molecule has 0 unspecified atom stereocenters. The minimum atomic E-state index is -0.887. The third-order valence-electron chi connectivity index (χ3n) is 3.26. The van der Waals surface area contributed by atoms with Crippen LogP contribution in [0.2, 0.25) is 0 Å². The average molecular weight is 321 g/mol. The minimum Gasteiger partial charge on any atom is -0.508 e. The van der Waals surface area contributed by atoms with Crippen molar-refractivity contribution in [3.8, 4) is 5.75 Å². The molecule has 0 radical (unpaired) electrons. The van der Waals surface area contributed by atoms with Gasteiger partial charge in [0.2, 0.25) is 0 Å². The van der Waals surface area contributed by atoms with Gasteiger partial charge < -0.3 is 24.3 Å². The van der Waals surface area contributed by atoms with Crippen LogP contribution >= 0.6 is 0 Å². The first kappa shape index (κ1) is 16.8. The van der Waals surface area contributed by atoms with Crippen LogP contribution in [0.1, 0.15) is 12.5 Å². The number of rotatable bonds is 7. The third kappa shape index (κ3) is 4.46. The smallest absolute Gasteiger partial charge is 0.311 e. The highest BCUT2D eigenvalue weighted by molar-refractivity contribution is 5.88. The molecule has 23 heavy (non-hydrogen) atoms. The molecular weight excluding hydrogens is 302 g/mol. The lowest BCUT2D eigenvalue weighted by Crippen LogP contribution is -2.37. The molecule has 1 heterocycles. The molecule has 1 aromatic carbocycles. The van der Waals surface area contributed by atoms with Crippen molar-refractivity contribution >= 4 is 22.8 Å². The van der Waals surface area contributed by atoms with Crippen molar-refractivity contribution in [1.29, 1.82) is 0 Å². The van der Waals surface area contributed by atoms with Crippen molar-refractivity contribution in [3.05, 3.63) is 30.0 Å². The summed E-state index contributed by atoms with van der Waals surface area (Å²) in [7, 11) is 1.53. The van der Waals surface area contributed by atoms with Gasteiger partial charge in [0.25, 0.3) is 5.91 Å². The number of carbonyl (C=O) groups is 2. The average Bonchev–Trinajstić information content (AvgIpc) is 2.89. The molecule has 0 aliphatic carbocycles. The predicted octanol–water partition coefficient (Wildman–Crippen LogP) is 1.38. The Morgan fingerprint density at radius 2 is 2.17 bits per heavy atom. The largest absolute Gasteiger partial charge is 0.508 e. The van der Waals surface area contributed by atoms with Gasteiger partial charge in [-0.1, -0.05) is 0 Å². The van der Waals surface area contributed by atoms with Gasteiger partial charge in [-0.2, -0.15) is 0 Å². The Morgan fingerprint density at radius 1 is 1.39 bits per heavy atom. The second-order valence-corrected chi connectivity index (χ2v) is 5.03. The summed E-state index contributed by atoms with van der Waals surface area (Å²) in [5, 5.41) is 12.7. The predicted molar refractivity (Wildman–Crippen MR) is 82.0 cm³/mol. The molecular formula is C16H19NO6. The van der Waals surface area contributed by atoms with Crippen LogP contribution in [-0.2, 0) is 25.5 Å². The molecule has 1 aromatic heterocycles. The SMILES string of the molecule is COCCNC(=O)[C@H](C)OC(=O)Cc1coc2cc(O)ccc12. The molecule has 124 valence electrons. The second kappa shape index (κ2) is 7.64. The lowest BCUT2D eigenvalue weighted by molar-refractivity contribution is -0.154. The molecule has 1 atom stereocenters. The second-order valence-electron chi connectivity index (χ2n) is 5.03. The van der Waals surface area contributed by atoms with Crippen LogP contribution in [0, 0.1) is 0 Å². The Bertz CT molecular complexity index is 693. The summed E-state index contributed by atoms with van der Waals surface area (Å²) in [6.45, 7) is 2.25. The number of carbonyl (C=O) groups excluding carboxylic acids is 2. The van der Waals surface area contributed by atoms with E-state index in [1.807, 2.05) is 0 Å². The molecule has 0 bridgehead atoms. The summed E-state index contributed by atoms with van der Waals surface area (Å²) in [4.78, 5) is 23.7.